The second-order valence-corrected chi connectivity index (χ2v) is 9.98. The number of nitrogens with two attached hydrogens (primary N) is 1. The van der Waals surface area contributed by atoms with E-state index in [-0.39, 0.29) is 24.6 Å². The molecule has 5 atom stereocenters. The standard InChI is InChI=1S/C18H23N4O7PS/c1-11(17(24)25)21-30(27,29-12-5-3-2-4-6-12)28-10-14-13(23)9-16(31-14)22-8-7-15(19)20-18(22)26/h2-8,11,13-14,16,23H,9-10H2,1H3,(H,21,27)(H,24,25)(H2,19,20,26)/t11?,13-,14+,16?,30-/m0/s1. The van der Waals surface area contributed by atoms with Crippen LogP contribution in [0.2, 0.25) is 0 Å². The van der Waals surface area contributed by atoms with Gasteiger partial charge in [0.2, 0.25) is 0 Å². The summed E-state index contributed by atoms with van der Waals surface area (Å²) < 4.78 is 25.5. The summed E-state index contributed by atoms with van der Waals surface area (Å²) in [6, 6.07) is 8.46. The molecule has 0 spiro atoms. The number of aliphatic carboxylic acids is 1. The zero-order valence-corrected chi connectivity index (χ0v) is 18.2. The molecule has 1 saturated heterocycles. The monoisotopic (exact) mass is 470 g/mol. The van der Waals surface area contributed by atoms with Gasteiger partial charge in [0.15, 0.2) is 0 Å². The second-order valence-electron chi connectivity index (χ2n) is 6.86. The molecule has 0 amide bonds. The lowest BCUT2D eigenvalue weighted by Gasteiger charge is -2.23. The number of benzene rings is 1. The van der Waals surface area contributed by atoms with Crippen LogP contribution in [0.25, 0.3) is 0 Å². The molecular weight excluding hydrogens is 447 g/mol. The number of thioether (sulfide) groups is 1. The maximum atomic E-state index is 13.2. The highest BCUT2D eigenvalue weighted by Gasteiger charge is 2.39. The molecule has 0 aliphatic carbocycles. The van der Waals surface area contributed by atoms with Gasteiger partial charge in [-0.05, 0) is 25.1 Å². The average molecular weight is 470 g/mol. The molecule has 168 valence electrons. The van der Waals surface area contributed by atoms with Crippen LogP contribution < -0.4 is 21.0 Å². The van der Waals surface area contributed by atoms with Crippen molar-refractivity contribution >= 4 is 31.3 Å². The number of rotatable bonds is 9. The van der Waals surface area contributed by atoms with Gasteiger partial charge in [0.25, 0.3) is 0 Å². The highest BCUT2D eigenvalue weighted by Crippen LogP contribution is 2.48. The third kappa shape index (κ3) is 6.08. The Morgan fingerprint density at radius 2 is 2.13 bits per heavy atom. The van der Waals surface area contributed by atoms with Crippen LogP contribution in [-0.4, -0.2) is 49.7 Å². The summed E-state index contributed by atoms with van der Waals surface area (Å²) in [6.07, 6.45) is 0.881. The molecule has 1 aliphatic heterocycles. The lowest BCUT2D eigenvalue weighted by atomic mass is 10.2. The van der Waals surface area contributed by atoms with Gasteiger partial charge in [-0.15, -0.1) is 11.8 Å². The molecule has 3 rings (SSSR count). The highest BCUT2D eigenvalue weighted by atomic mass is 32.2. The van der Waals surface area contributed by atoms with E-state index >= 15 is 0 Å². The number of hydrogen-bond donors (Lipinski definition) is 4. The van der Waals surface area contributed by atoms with E-state index in [2.05, 4.69) is 10.1 Å². The number of hydrogen-bond acceptors (Lipinski definition) is 9. The Morgan fingerprint density at radius 1 is 1.42 bits per heavy atom. The summed E-state index contributed by atoms with van der Waals surface area (Å²) >= 11 is 1.25. The normalized spacial score (nSPS) is 23.7. The van der Waals surface area contributed by atoms with E-state index in [0.29, 0.717) is 0 Å². The zero-order valence-electron chi connectivity index (χ0n) is 16.5. The van der Waals surface area contributed by atoms with Crippen molar-refractivity contribution in [2.45, 2.75) is 36.1 Å². The van der Waals surface area contributed by atoms with E-state index in [4.69, 9.17) is 19.9 Å². The number of carbonyl (C=O) groups is 1. The van der Waals surface area contributed by atoms with Crippen LogP contribution in [0.4, 0.5) is 5.82 Å². The maximum Gasteiger partial charge on any atom is 0.459 e. The largest absolute Gasteiger partial charge is 0.480 e. The molecule has 0 saturated carbocycles. The molecule has 1 aromatic carbocycles. The SMILES string of the molecule is CC(N[P@](=O)(OC[C@H]1SC(n2ccc(N)nc2=O)C[C@@H]1O)Oc1ccccc1)C(=O)O. The number of carboxylic acids is 1. The fourth-order valence-electron chi connectivity index (χ4n) is 2.85. The van der Waals surface area contributed by atoms with Crippen molar-refractivity contribution < 1.29 is 28.6 Å². The van der Waals surface area contributed by atoms with Gasteiger partial charge in [0.05, 0.1) is 23.3 Å². The van der Waals surface area contributed by atoms with Gasteiger partial charge in [-0.1, -0.05) is 18.2 Å². The molecule has 13 heteroatoms. The number of aliphatic hydroxyl groups excluding tert-OH is 1. The average Bonchev–Trinajstić information content (AvgIpc) is 3.07. The molecule has 1 aromatic heterocycles. The van der Waals surface area contributed by atoms with Crippen LogP contribution in [0.5, 0.6) is 5.75 Å². The first kappa shape index (κ1) is 23.3. The van der Waals surface area contributed by atoms with Crippen LogP contribution in [0, 0.1) is 0 Å². The van der Waals surface area contributed by atoms with Crippen molar-refractivity contribution in [3.05, 3.63) is 53.1 Å². The van der Waals surface area contributed by atoms with Gasteiger partial charge in [0.1, 0.15) is 17.6 Å². The van der Waals surface area contributed by atoms with Crippen LogP contribution >= 0.6 is 19.5 Å². The minimum absolute atomic E-state index is 0.0994. The Labute approximate surface area is 182 Å². The molecule has 0 radical (unpaired) electrons. The summed E-state index contributed by atoms with van der Waals surface area (Å²) in [7, 11) is -4.09. The lowest BCUT2D eigenvalue weighted by Crippen LogP contribution is -2.34. The first-order valence-corrected chi connectivity index (χ1v) is 11.8. The number of nitrogen functional groups attached to an aromatic ring is 1. The number of para-hydroxylation sites is 1. The fourth-order valence-corrected chi connectivity index (χ4v) is 5.92. The molecule has 1 aliphatic rings. The lowest BCUT2D eigenvalue weighted by molar-refractivity contribution is -0.138. The van der Waals surface area contributed by atoms with E-state index in [9.17, 15) is 19.3 Å². The Kier molecular flexibility index (Phi) is 7.39. The molecular formula is C18H23N4O7PS. The molecule has 1 fully saturated rings. The van der Waals surface area contributed by atoms with Crippen LogP contribution in [0.15, 0.2) is 47.4 Å². The molecule has 2 unspecified atom stereocenters. The molecule has 5 N–H and O–H groups in total. The van der Waals surface area contributed by atoms with E-state index in [1.54, 1.807) is 30.3 Å². The smallest absolute Gasteiger partial charge is 0.459 e. The van der Waals surface area contributed by atoms with Gasteiger partial charge < -0.3 is 20.5 Å². The number of aliphatic hydroxyl groups is 1. The van der Waals surface area contributed by atoms with Crippen LogP contribution in [0.3, 0.4) is 0 Å². The first-order chi connectivity index (χ1) is 14.7. The van der Waals surface area contributed by atoms with Gasteiger partial charge in [0, 0.05) is 12.6 Å². The summed E-state index contributed by atoms with van der Waals surface area (Å²) in [4.78, 5) is 27.0. The van der Waals surface area contributed by atoms with Crippen LogP contribution in [0.1, 0.15) is 18.7 Å². The predicted octanol–water partition coefficient (Wildman–Crippen LogP) is 1.46. The maximum absolute atomic E-state index is 13.2. The first-order valence-electron chi connectivity index (χ1n) is 9.35. The quantitative estimate of drug-likeness (QED) is 0.392. The van der Waals surface area contributed by atoms with E-state index in [1.807, 2.05) is 0 Å². The fraction of sp³-hybridized carbons (Fsp3) is 0.389. The predicted molar refractivity (Wildman–Crippen MR) is 115 cm³/mol. The number of aromatic nitrogens is 2. The third-order valence-electron chi connectivity index (χ3n) is 4.47. The summed E-state index contributed by atoms with van der Waals surface area (Å²) in [5.41, 5.74) is 4.97. The van der Waals surface area contributed by atoms with Gasteiger partial charge in [-0.2, -0.15) is 10.1 Å². The third-order valence-corrected chi connectivity index (χ3v) is 7.64. The number of carboxylic acid groups (broad SMARTS) is 1. The number of anilines is 1. The van der Waals surface area contributed by atoms with E-state index in [0.717, 1.165) is 0 Å². The minimum atomic E-state index is -4.09. The molecule has 0 bridgehead atoms. The Bertz CT molecular complexity index is 1020. The molecule has 11 nitrogen and oxygen atoms in total. The Morgan fingerprint density at radius 3 is 2.77 bits per heavy atom. The van der Waals surface area contributed by atoms with E-state index in [1.165, 1.54) is 35.5 Å². The van der Waals surface area contributed by atoms with Crippen molar-refractivity contribution in [3.8, 4) is 5.75 Å². The zero-order chi connectivity index (χ0) is 22.6. The summed E-state index contributed by atoms with van der Waals surface area (Å²) in [6.45, 7) is 1.10. The summed E-state index contributed by atoms with van der Waals surface area (Å²) in [5, 5.41) is 21.0. The topological polar surface area (TPSA) is 166 Å². The molecule has 2 aromatic rings. The van der Waals surface area contributed by atoms with Crippen molar-refractivity contribution in [1.82, 2.24) is 14.6 Å². The minimum Gasteiger partial charge on any atom is -0.480 e. The molecule has 2 heterocycles. The van der Waals surface area contributed by atoms with Crippen molar-refractivity contribution in [2.75, 3.05) is 12.3 Å². The molecule has 31 heavy (non-hydrogen) atoms. The van der Waals surface area contributed by atoms with Crippen molar-refractivity contribution in [3.63, 3.8) is 0 Å². The number of nitrogens with one attached hydrogen (secondary N) is 1. The Balaban J connectivity index is 1.70. The van der Waals surface area contributed by atoms with E-state index < -0.39 is 42.2 Å². The highest BCUT2D eigenvalue weighted by molar-refractivity contribution is 8.00. The van der Waals surface area contributed by atoms with Crippen molar-refractivity contribution in [2.24, 2.45) is 0 Å². The van der Waals surface area contributed by atoms with Crippen molar-refractivity contribution in [1.29, 1.82) is 0 Å². The summed E-state index contributed by atoms with van der Waals surface area (Å²) in [5.74, 6) is -0.902. The van der Waals surface area contributed by atoms with Crippen LogP contribution in [-0.2, 0) is 13.9 Å². The Hall–Kier alpha value is -2.37. The van der Waals surface area contributed by atoms with Gasteiger partial charge in [-0.3, -0.25) is 13.9 Å². The second kappa shape index (κ2) is 9.84. The van der Waals surface area contributed by atoms with Gasteiger partial charge in [-0.25, -0.2) is 9.36 Å². The number of nitrogens with zero attached hydrogens (tertiary/aromatic N) is 2. The van der Waals surface area contributed by atoms with Gasteiger partial charge >= 0.3 is 19.4 Å².